The van der Waals surface area contributed by atoms with Crippen molar-refractivity contribution in [2.24, 2.45) is 0 Å². The molecule has 0 rings (SSSR count). The predicted molar refractivity (Wildman–Crippen MR) is 451 cm³/mol. The molecule has 0 bridgehead atoms. The lowest BCUT2D eigenvalue weighted by Gasteiger charge is -2.21. The van der Waals surface area contributed by atoms with E-state index in [1.54, 1.807) is 0 Å². The van der Waals surface area contributed by atoms with Crippen LogP contribution in [0.15, 0.2) is 24.3 Å². The van der Waals surface area contributed by atoms with Crippen molar-refractivity contribution < 1.29 is 80.2 Å². The average molecular weight is 1590 g/mol. The number of allylic oxidation sites excluding steroid dienone is 4. The van der Waals surface area contributed by atoms with Crippen molar-refractivity contribution >= 4 is 39.5 Å². The molecule has 0 aromatic carbocycles. The first-order valence-electron chi connectivity index (χ1n) is 46.1. The molecule has 0 saturated carbocycles. The summed E-state index contributed by atoms with van der Waals surface area (Å²) in [7, 11) is -9.94. The summed E-state index contributed by atoms with van der Waals surface area (Å²) >= 11 is 0. The van der Waals surface area contributed by atoms with E-state index in [4.69, 9.17) is 37.0 Å². The predicted octanol–water partition coefficient (Wildman–Crippen LogP) is 27.6. The van der Waals surface area contributed by atoms with Gasteiger partial charge in [-0.1, -0.05) is 418 Å². The van der Waals surface area contributed by atoms with E-state index < -0.39 is 97.5 Å². The van der Waals surface area contributed by atoms with Crippen LogP contribution in [0.1, 0.15) is 471 Å². The zero-order valence-electron chi connectivity index (χ0n) is 71.0. The molecule has 19 heteroatoms. The second-order valence-corrected chi connectivity index (χ2v) is 34.6. The highest BCUT2D eigenvalue weighted by Gasteiger charge is 2.30. The molecule has 0 aliphatic rings. The number of hydrogen-bond donors (Lipinski definition) is 3. The van der Waals surface area contributed by atoms with Crippen LogP contribution in [0.5, 0.6) is 0 Å². The molecule has 0 saturated heterocycles. The molecule has 0 fully saturated rings. The zero-order chi connectivity index (χ0) is 79.6. The molecule has 109 heavy (non-hydrogen) atoms. The molecule has 3 N–H and O–H groups in total. The van der Waals surface area contributed by atoms with Crippen molar-refractivity contribution in [2.75, 3.05) is 39.6 Å². The summed E-state index contributed by atoms with van der Waals surface area (Å²) in [5.41, 5.74) is 0. The Morgan fingerprint density at radius 3 is 0.670 bits per heavy atom. The number of aliphatic hydroxyl groups excluding tert-OH is 1. The Hall–Kier alpha value is -2.46. The lowest BCUT2D eigenvalue weighted by molar-refractivity contribution is -0.161. The number of esters is 4. The minimum atomic E-state index is -4.97. The maximum atomic E-state index is 13.2. The quantitative estimate of drug-likeness (QED) is 0.0169. The summed E-state index contributed by atoms with van der Waals surface area (Å²) in [6, 6.07) is 0. The fourth-order valence-electron chi connectivity index (χ4n) is 13.7. The maximum absolute atomic E-state index is 13.2. The Morgan fingerprint density at radius 1 is 0.257 bits per heavy atom. The Kier molecular flexibility index (Phi) is 81.6. The van der Waals surface area contributed by atoms with Gasteiger partial charge in [-0.25, -0.2) is 9.13 Å². The first kappa shape index (κ1) is 107. The summed E-state index contributed by atoms with van der Waals surface area (Å²) < 4.78 is 68.9. The molecular weight excluding hydrogens is 1410 g/mol. The molecule has 0 aromatic rings. The molecule has 0 radical (unpaired) electrons. The first-order chi connectivity index (χ1) is 53.2. The molecule has 0 aromatic heterocycles. The summed E-state index contributed by atoms with van der Waals surface area (Å²) in [6.07, 6.45) is 82.9. The Balaban J connectivity index is 5.24. The molecule has 17 nitrogen and oxygen atoms in total. The number of rotatable bonds is 89. The van der Waals surface area contributed by atoms with Crippen LogP contribution >= 0.6 is 15.6 Å². The van der Waals surface area contributed by atoms with E-state index in [2.05, 4.69) is 52.0 Å². The van der Waals surface area contributed by atoms with Gasteiger partial charge >= 0.3 is 39.5 Å². The topological polar surface area (TPSA) is 237 Å². The fourth-order valence-corrected chi connectivity index (χ4v) is 15.3. The highest BCUT2D eigenvalue weighted by atomic mass is 31.2. The molecule has 0 heterocycles. The van der Waals surface area contributed by atoms with Gasteiger partial charge in [-0.2, -0.15) is 0 Å². The lowest BCUT2D eigenvalue weighted by Crippen LogP contribution is -2.30. The van der Waals surface area contributed by atoms with Crippen molar-refractivity contribution in [1.82, 2.24) is 0 Å². The molecule has 2 unspecified atom stereocenters. The highest BCUT2D eigenvalue weighted by molar-refractivity contribution is 7.47. The van der Waals surface area contributed by atoms with Crippen LogP contribution in [0.2, 0.25) is 0 Å². The average Bonchev–Trinajstić information content (AvgIpc) is 0.907. The van der Waals surface area contributed by atoms with Crippen molar-refractivity contribution in [3.05, 3.63) is 24.3 Å². The number of unbranched alkanes of at least 4 members (excludes halogenated alkanes) is 60. The van der Waals surface area contributed by atoms with E-state index in [0.29, 0.717) is 25.7 Å². The van der Waals surface area contributed by atoms with Gasteiger partial charge < -0.3 is 33.8 Å². The van der Waals surface area contributed by atoms with Crippen LogP contribution in [-0.4, -0.2) is 96.7 Å². The molecule has 0 spiro atoms. The first-order valence-corrected chi connectivity index (χ1v) is 49.1. The smallest absolute Gasteiger partial charge is 0.462 e. The number of phosphoric acid groups is 2. The van der Waals surface area contributed by atoms with E-state index in [1.165, 1.54) is 289 Å². The van der Waals surface area contributed by atoms with Crippen molar-refractivity contribution in [2.45, 2.75) is 489 Å². The molecule has 0 aliphatic heterocycles. The van der Waals surface area contributed by atoms with Gasteiger partial charge in [0, 0.05) is 25.7 Å². The van der Waals surface area contributed by atoms with Gasteiger partial charge in [0.25, 0.3) is 0 Å². The van der Waals surface area contributed by atoms with Crippen molar-refractivity contribution in [3.63, 3.8) is 0 Å². The highest BCUT2D eigenvalue weighted by Crippen LogP contribution is 2.45. The Bertz CT molecular complexity index is 2150. The van der Waals surface area contributed by atoms with E-state index in [1.807, 2.05) is 0 Å². The maximum Gasteiger partial charge on any atom is 0.472 e. The second kappa shape index (κ2) is 83.5. The monoisotopic (exact) mass is 1590 g/mol. The molecule has 5 atom stereocenters. The van der Waals surface area contributed by atoms with Crippen LogP contribution in [0, 0.1) is 0 Å². The van der Waals surface area contributed by atoms with Crippen LogP contribution < -0.4 is 0 Å². The third-order valence-electron chi connectivity index (χ3n) is 20.7. The van der Waals surface area contributed by atoms with Gasteiger partial charge in [-0.3, -0.25) is 37.3 Å². The minimum absolute atomic E-state index is 0.0860. The van der Waals surface area contributed by atoms with Crippen LogP contribution in [0.3, 0.4) is 0 Å². The SMILES string of the molecule is CCCCCC/C=C\C=C/CCCCCCCC(=O)O[C@H](COC(=O)CCCCCCCCCCCCC)COP(=O)(O)OC[C@H](O)COP(=O)(O)OC[C@@H](COC(=O)CCCCCCCCCCCCCCCCCCCCCCC)OC(=O)CCCCCCCCCCCCCCCCCCCCCCCC. The Morgan fingerprint density at radius 2 is 0.440 bits per heavy atom. The normalized spacial score (nSPS) is 13.8. The molecule has 0 aliphatic carbocycles. The standard InChI is InChI=1S/C90H172O17P2/c1-5-9-13-17-21-25-29-32-35-37-39-41-43-45-47-50-53-57-61-65-69-73-77-90(95)107-86(81-101-88(93)75-71-67-63-59-55-51-49-46-44-42-40-38-36-33-30-26-22-18-14-10-6-2)83-105-109(98,99)103-79-84(91)78-102-108(96,97)104-82-85(80-100-87(92)74-70-66-62-58-54-28-24-20-16-12-8-4)106-89(94)76-72-68-64-60-56-52-48-34-31-27-23-19-15-11-7-3/h27,31,34,48,84-86,91H,5-26,28-30,32-33,35-47,49-83H2,1-4H3,(H,96,97)(H,98,99)/b31-27-,48-34-/t84-,85+,86+/m0/s1. The minimum Gasteiger partial charge on any atom is -0.462 e. The van der Waals surface area contributed by atoms with Gasteiger partial charge in [0.05, 0.1) is 26.4 Å². The number of carbonyl (C=O) groups excluding carboxylic acids is 4. The molecule has 644 valence electrons. The number of ether oxygens (including phenoxy) is 4. The van der Waals surface area contributed by atoms with Gasteiger partial charge in [0.2, 0.25) is 0 Å². The van der Waals surface area contributed by atoms with Gasteiger partial charge in [0.15, 0.2) is 12.2 Å². The van der Waals surface area contributed by atoms with E-state index in [9.17, 15) is 43.2 Å². The van der Waals surface area contributed by atoms with Gasteiger partial charge in [-0.15, -0.1) is 0 Å². The number of hydrogen-bond acceptors (Lipinski definition) is 15. The van der Waals surface area contributed by atoms with E-state index >= 15 is 0 Å². The van der Waals surface area contributed by atoms with Crippen molar-refractivity contribution in [3.8, 4) is 0 Å². The van der Waals surface area contributed by atoms with Crippen LogP contribution in [0.4, 0.5) is 0 Å². The van der Waals surface area contributed by atoms with Crippen molar-refractivity contribution in [1.29, 1.82) is 0 Å². The van der Waals surface area contributed by atoms with Crippen LogP contribution in [0.25, 0.3) is 0 Å². The number of aliphatic hydroxyl groups is 1. The lowest BCUT2D eigenvalue weighted by atomic mass is 10.0. The third-order valence-corrected chi connectivity index (χ3v) is 22.6. The zero-order valence-corrected chi connectivity index (χ0v) is 72.8. The van der Waals surface area contributed by atoms with Gasteiger partial charge in [0.1, 0.15) is 19.3 Å². The molecule has 0 amide bonds. The van der Waals surface area contributed by atoms with Crippen LogP contribution in [-0.2, 0) is 65.4 Å². The largest absolute Gasteiger partial charge is 0.472 e. The summed E-state index contributed by atoms with van der Waals surface area (Å²) in [4.78, 5) is 73.3. The number of phosphoric ester groups is 2. The molecular formula is C90H172O17P2. The van der Waals surface area contributed by atoms with Gasteiger partial charge in [-0.05, 0) is 51.4 Å². The summed E-state index contributed by atoms with van der Waals surface area (Å²) in [5.74, 6) is -2.13. The fraction of sp³-hybridized carbons (Fsp3) is 0.911. The van der Waals surface area contributed by atoms with E-state index in [-0.39, 0.29) is 25.7 Å². The van der Waals surface area contributed by atoms with E-state index in [0.717, 1.165) is 103 Å². The third kappa shape index (κ3) is 83.3. The summed E-state index contributed by atoms with van der Waals surface area (Å²) in [6.45, 7) is 5.00. The summed E-state index contributed by atoms with van der Waals surface area (Å²) in [5, 5.41) is 10.7. The Labute approximate surface area is 669 Å². The number of carbonyl (C=O) groups is 4. The second-order valence-electron chi connectivity index (χ2n) is 31.7.